The van der Waals surface area contributed by atoms with E-state index in [0.29, 0.717) is 5.56 Å². The normalized spacial score (nSPS) is 19.9. The van der Waals surface area contributed by atoms with Gasteiger partial charge in [0.05, 0.1) is 17.7 Å². The molecule has 1 amide bonds. The van der Waals surface area contributed by atoms with Gasteiger partial charge < -0.3 is 10.4 Å². The molecular weight excluding hydrogens is 333 g/mol. The maximum atomic E-state index is 13.6. The number of amidine groups is 1. The van der Waals surface area contributed by atoms with E-state index in [1.54, 1.807) is 13.0 Å². The number of thioether (sulfide) groups is 1. The molecule has 0 aliphatic carbocycles. The van der Waals surface area contributed by atoms with Crippen LogP contribution in [0.25, 0.3) is 0 Å². The van der Waals surface area contributed by atoms with Crippen molar-refractivity contribution in [3.63, 3.8) is 0 Å². The first-order valence-corrected chi connectivity index (χ1v) is 7.39. The maximum Gasteiger partial charge on any atom is 0.305 e. The van der Waals surface area contributed by atoms with Crippen LogP contribution in [-0.4, -0.2) is 33.6 Å². The van der Waals surface area contributed by atoms with E-state index in [1.807, 2.05) is 0 Å². The number of nitrogens with one attached hydrogen (secondary N) is 1. The number of aryl methyl sites for hydroxylation is 1. The predicted molar refractivity (Wildman–Crippen MR) is 83.0 cm³/mol. The van der Waals surface area contributed by atoms with Crippen molar-refractivity contribution in [2.75, 3.05) is 0 Å². The van der Waals surface area contributed by atoms with Crippen molar-refractivity contribution < 1.29 is 19.1 Å². The molecule has 2 rings (SSSR count). The highest BCUT2D eigenvalue weighted by Gasteiger charge is 2.32. The number of aliphatic carboxylic acids is 1. The Labute approximate surface area is 134 Å². The topological polar surface area (TPSA) is 91.1 Å². The average molecular weight is 344 g/mol. The predicted octanol–water partition coefficient (Wildman–Crippen LogP) is 2.18. The fourth-order valence-electron chi connectivity index (χ4n) is 1.68. The lowest BCUT2D eigenvalue weighted by molar-refractivity contribution is -0.138. The van der Waals surface area contributed by atoms with Gasteiger partial charge >= 0.3 is 5.97 Å². The highest BCUT2D eigenvalue weighted by atomic mass is 35.5. The Morgan fingerprint density at radius 2 is 2.32 bits per heavy atom. The zero-order valence-electron chi connectivity index (χ0n) is 11.3. The van der Waals surface area contributed by atoms with E-state index in [-0.39, 0.29) is 22.2 Å². The highest BCUT2D eigenvalue weighted by Crippen LogP contribution is 2.23. The van der Waals surface area contributed by atoms with Gasteiger partial charge in [-0.15, -0.1) is 5.10 Å². The fraction of sp³-hybridized carbons (Fsp3) is 0.231. The molecular formula is C13H11ClFN3O3S. The molecule has 9 heteroatoms. The van der Waals surface area contributed by atoms with E-state index in [0.717, 1.165) is 18.0 Å². The van der Waals surface area contributed by atoms with E-state index in [1.165, 1.54) is 6.07 Å². The molecule has 1 heterocycles. The summed E-state index contributed by atoms with van der Waals surface area (Å²) in [4.78, 5) is 22.1. The Morgan fingerprint density at radius 3 is 3.00 bits per heavy atom. The van der Waals surface area contributed by atoms with Crippen LogP contribution in [0.5, 0.6) is 0 Å². The number of nitrogens with zero attached hydrogens (tertiary/aromatic N) is 2. The SMILES string of the molecule is Cc1ccc(F)c(C=NN=C2NC(=O)C(CC(=O)O)S2)c1Cl. The fourth-order valence-corrected chi connectivity index (χ4v) is 2.80. The van der Waals surface area contributed by atoms with Crippen LogP contribution in [0.3, 0.4) is 0 Å². The summed E-state index contributed by atoms with van der Waals surface area (Å²) >= 11 is 6.94. The Bertz CT molecular complexity index is 693. The molecule has 1 aliphatic heterocycles. The molecule has 0 bridgehead atoms. The quantitative estimate of drug-likeness (QED) is 0.647. The van der Waals surface area contributed by atoms with Gasteiger partial charge in [-0.3, -0.25) is 9.59 Å². The van der Waals surface area contributed by atoms with Gasteiger partial charge in [-0.05, 0) is 18.6 Å². The van der Waals surface area contributed by atoms with Crippen LogP contribution in [0.1, 0.15) is 17.5 Å². The lowest BCUT2D eigenvalue weighted by Gasteiger charge is -2.02. The zero-order chi connectivity index (χ0) is 16.3. The minimum absolute atomic E-state index is 0.0995. The average Bonchev–Trinajstić information content (AvgIpc) is 2.78. The van der Waals surface area contributed by atoms with Gasteiger partial charge in [0.2, 0.25) is 5.91 Å². The maximum absolute atomic E-state index is 13.6. The number of rotatable bonds is 4. The van der Waals surface area contributed by atoms with E-state index < -0.39 is 22.9 Å². The van der Waals surface area contributed by atoms with Gasteiger partial charge in [0, 0.05) is 5.56 Å². The van der Waals surface area contributed by atoms with E-state index in [4.69, 9.17) is 16.7 Å². The van der Waals surface area contributed by atoms with Crippen molar-refractivity contribution in [2.45, 2.75) is 18.6 Å². The molecule has 1 aromatic carbocycles. The number of halogens is 2. The van der Waals surface area contributed by atoms with Gasteiger partial charge in [-0.1, -0.05) is 29.4 Å². The summed E-state index contributed by atoms with van der Waals surface area (Å²) in [5, 5.41) is 18.2. The van der Waals surface area contributed by atoms with Crippen LogP contribution in [-0.2, 0) is 9.59 Å². The molecule has 116 valence electrons. The Balaban J connectivity index is 2.11. The van der Waals surface area contributed by atoms with E-state index in [9.17, 15) is 14.0 Å². The first-order valence-electron chi connectivity index (χ1n) is 6.13. The molecule has 2 N–H and O–H groups in total. The summed E-state index contributed by atoms with van der Waals surface area (Å²) in [6.07, 6.45) is 0.840. The van der Waals surface area contributed by atoms with Crippen LogP contribution in [0.2, 0.25) is 5.02 Å². The monoisotopic (exact) mass is 343 g/mol. The van der Waals surface area contributed by atoms with Crippen molar-refractivity contribution in [2.24, 2.45) is 10.2 Å². The third-order valence-corrected chi connectivity index (χ3v) is 4.37. The molecule has 0 radical (unpaired) electrons. The van der Waals surface area contributed by atoms with Crippen molar-refractivity contribution >= 4 is 46.6 Å². The molecule has 1 aliphatic rings. The Hall–Kier alpha value is -1.93. The summed E-state index contributed by atoms with van der Waals surface area (Å²) in [6, 6.07) is 2.81. The molecule has 1 atom stereocenters. The largest absolute Gasteiger partial charge is 0.481 e. The number of amides is 1. The molecule has 6 nitrogen and oxygen atoms in total. The minimum Gasteiger partial charge on any atom is -0.481 e. The van der Waals surface area contributed by atoms with Crippen molar-refractivity contribution in [3.8, 4) is 0 Å². The summed E-state index contributed by atoms with van der Waals surface area (Å²) in [7, 11) is 0. The second-order valence-corrected chi connectivity index (χ2v) is 6.00. The third-order valence-electron chi connectivity index (χ3n) is 2.79. The van der Waals surface area contributed by atoms with Crippen molar-refractivity contribution in [3.05, 3.63) is 34.1 Å². The van der Waals surface area contributed by atoms with Crippen LogP contribution < -0.4 is 5.32 Å². The molecule has 1 unspecified atom stereocenters. The van der Waals surface area contributed by atoms with Gasteiger partial charge in [0.1, 0.15) is 11.1 Å². The van der Waals surface area contributed by atoms with Gasteiger partial charge in [-0.25, -0.2) is 4.39 Å². The second-order valence-electron chi connectivity index (χ2n) is 4.44. The molecule has 1 fully saturated rings. The Morgan fingerprint density at radius 1 is 1.59 bits per heavy atom. The number of hydrogen-bond donors (Lipinski definition) is 2. The third kappa shape index (κ3) is 3.83. The van der Waals surface area contributed by atoms with Crippen LogP contribution >= 0.6 is 23.4 Å². The number of carbonyl (C=O) groups excluding carboxylic acids is 1. The van der Waals surface area contributed by atoms with Crippen molar-refractivity contribution in [1.29, 1.82) is 0 Å². The van der Waals surface area contributed by atoms with E-state index >= 15 is 0 Å². The molecule has 1 aromatic rings. The lowest BCUT2D eigenvalue weighted by Crippen LogP contribution is -2.26. The van der Waals surface area contributed by atoms with Crippen LogP contribution in [0, 0.1) is 12.7 Å². The smallest absolute Gasteiger partial charge is 0.305 e. The van der Waals surface area contributed by atoms with Crippen LogP contribution in [0.15, 0.2) is 22.3 Å². The van der Waals surface area contributed by atoms with Gasteiger partial charge in [0.25, 0.3) is 0 Å². The number of carboxylic acids is 1. The summed E-state index contributed by atoms with van der Waals surface area (Å²) in [5.74, 6) is -2.06. The molecule has 0 saturated carbocycles. The number of hydrogen-bond acceptors (Lipinski definition) is 5. The molecule has 0 spiro atoms. The van der Waals surface area contributed by atoms with Gasteiger partial charge in [-0.2, -0.15) is 5.10 Å². The molecule has 22 heavy (non-hydrogen) atoms. The van der Waals surface area contributed by atoms with Crippen LogP contribution in [0.4, 0.5) is 4.39 Å². The molecule has 1 saturated heterocycles. The number of carboxylic acid groups (broad SMARTS) is 1. The summed E-state index contributed by atoms with van der Waals surface area (Å²) in [5.41, 5.74) is 0.796. The second kappa shape index (κ2) is 6.89. The zero-order valence-corrected chi connectivity index (χ0v) is 12.9. The first kappa shape index (κ1) is 16.4. The highest BCUT2D eigenvalue weighted by molar-refractivity contribution is 8.15. The van der Waals surface area contributed by atoms with Gasteiger partial charge in [0.15, 0.2) is 5.17 Å². The summed E-state index contributed by atoms with van der Waals surface area (Å²) < 4.78 is 13.6. The molecule has 0 aromatic heterocycles. The van der Waals surface area contributed by atoms with Crippen molar-refractivity contribution in [1.82, 2.24) is 5.32 Å². The standard InChI is InChI=1S/C13H11ClFN3O3S/c1-6-2-3-8(15)7(11(6)14)5-16-18-13-17-12(21)9(22-13)4-10(19)20/h2-3,5,9H,4H2,1H3,(H,19,20)(H,17,18,21). The first-order chi connectivity index (χ1) is 10.4. The lowest BCUT2D eigenvalue weighted by atomic mass is 10.1. The minimum atomic E-state index is -1.08. The number of carbonyl (C=O) groups is 2. The Kier molecular flexibility index (Phi) is 5.15. The van der Waals surface area contributed by atoms with E-state index in [2.05, 4.69) is 15.5 Å². The summed E-state index contributed by atoms with van der Waals surface area (Å²) in [6.45, 7) is 1.73. The number of benzene rings is 1.